The van der Waals surface area contributed by atoms with E-state index in [1.54, 1.807) is 12.5 Å². The first-order chi connectivity index (χ1) is 8.20. The van der Waals surface area contributed by atoms with Gasteiger partial charge in [-0.2, -0.15) is 0 Å². The molecule has 0 fully saturated rings. The zero-order chi connectivity index (χ0) is 12.3. The molecule has 4 nitrogen and oxygen atoms in total. The first kappa shape index (κ1) is 12.1. The minimum absolute atomic E-state index is 0.332. The number of carbonyl (C=O) groups excluding carboxylic acids is 1. The van der Waals surface area contributed by atoms with Crippen molar-refractivity contribution >= 4 is 28.6 Å². The van der Waals surface area contributed by atoms with Crippen LogP contribution in [-0.2, 0) is 11.3 Å². The van der Waals surface area contributed by atoms with E-state index in [4.69, 9.17) is 0 Å². The predicted molar refractivity (Wildman–Crippen MR) is 71.8 cm³/mol. The molecule has 0 atom stereocenters. The molecule has 1 aromatic carbocycles. The van der Waals surface area contributed by atoms with Gasteiger partial charge in [-0.15, -0.1) is 0 Å². The smallest absolute Gasteiger partial charge is 0.358 e. The van der Waals surface area contributed by atoms with E-state index in [2.05, 4.69) is 38.4 Å². The molecule has 2 aromatic rings. The molecule has 0 aliphatic heterocycles. The third kappa shape index (κ3) is 2.85. The first-order valence-electron chi connectivity index (χ1n) is 5.04. The maximum absolute atomic E-state index is 11.2. The highest BCUT2D eigenvalue weighted by Crippen LogP contribution is 2.13. The monoisotopic (exact) mass is 342 g/mol. The van der Waals surface area contributed by atoms with Gasteiger partial charge in [0.1, 0.15) is 0 Å². The molecule has 17 heavy (non-hydrogen) atoms. The normalized spacial score (nSPS) is 10.2. The average Bonchev–Trinajstić information content (AvgIpc) is 2.80. The van der Waals surface area contributed by atoms with E-state index in [0.29, 0.717) is 12.2 Å². The Balaban J connectivity index is 2.17. The molecule has 0 aliphatic rings. The SMILES string of the molecule is COC(=O)c1cn(Cc2ccccc2I)cn1. The van der Waals surface area contributed by atoms with Crippen LogP contribution in [0.3, 0.4) is 0 Å². The van der Waals surface area contributed by atoms with Gasteiger partial charge < -0.3 is 9.30 Å². The van der Waals surface area contributed by atoms with Crippen LogP contribution in [0.1, 0.15) is 16.1 Å². The van der Waals surface area contributed by atoms with E-state index in [0.717, 1.165) is 0 Å². The van der Waals surface area contributed by atoms with Crippen molar-refractivity contribution in [1.82, 2.24) is 9.55 Å². The Morgan fingerprint density at radius 3 is 2.94 bits per heavy atom. The van der Waals surface area contributed by atoms with Crippen molar-refractivity contribution in [3.05, 3.63) is 51.6 Å². The number of nitrogens with zero attached hydrogens (tertiary/aromatic N) is 2. The van der Waals surface area contributed by atoms with Crippen LogP contribution in [0.25, 0.3) is 0 Å². The van der Waals surface area contributed by atoms with Crippen LogP contribution in [0, 0.1) is 3.57 Å². The number of methoxy groups -OCH3 is 1. The van der Waals surface area contributed by atoms with E-state index in [9.17, 15) is 4.79 Å². The molecule has 0 bridgehead atoms. The topological polar surface area (TPSA) is 44.1 Å². The second kappa shape index (κ2) is 5.31. The van der Waals surface area contributed by atoms with Crippen molar-refractivity contribution in [2.75, 3.05) is 7.11 Å². The highest BCUT2D eigenvalue weighted by Gasteiger charge is 2.09. The van der Waals surface area contributed by atoms with Gasteiger partial charge in [0.2, 0.25) is 0 Å². The summed E-state index contributed by atoms with van der Waals surface area (Å²) in [6.07, 6.45) is 3.32. The Bertz CT molecular complexity index is 537. The zero-order valence-corrected chi connectivity index (χ0v) is 11.4. The van der Waals surface area contributed by atoms with E-state index in [-0.39, 0.29) is 0 Å². The molecule has 0 saturated carbocycles. The lowest BCUT2D eigenvalue weighted by atomic mass is 10.2. The Morgan fingerprint density at radius 2 is 2.24 bits per heavy atom. The van der Waals surface area contributed by atoms with Crippen molar-refractivity contribution in [3.8, 4) is 0 Å². The molecular weight excluding hydrogens is 331 g/mol. The molecule has 5 heteroatoms. The summed E-state index contributed by atoms with van der Waals surface area (Å²) in [5.74, 6) is -0.411. The summed E-state index contributed by atoms with van der Waals surface area (Å²) >= 11 is 2.29. The first-order valence-corrected chi connectivity index (χ1v) is 6.12. The summed E-state index contributed by atoms with van der Waals surface area (Å²) in [6, 6.07) is 8.10. The fourth-order valence-electron chi connectivity index (χ4n) is 1.48. The van der Waals surface area contributed by atoms with E-state index in [1.807, 2.05) is 22.8 Å². The number of imidazole rings is 1. The van der Waals surface area contributed by atoms with Crippen LogP contribution in [0.2, 0.25) is 0 Å². The van der Waals surface area contributed by atoms with Crippen LogP contribution in [-0.4, -0.2) is 22.6 Å². The minimum Gasteiger partial charge on any atom is -0.464 e. The molecule has 1 aromatic heterocycles. The molecule has 88 valence electrons. The van der Waals surface area contributed by atoms with Gasteiger partial charge in [-0.1, -0.05) is 18.2 Å². The van der Waals surface area contributed by atoms with Gasteiger partial charge in [-0.25, -0.2) is 9.78 Å². The van der Waals surface area contributed by atoms with Crippen LogP contribution < -0.4 is 0 Å². The molecule has 0 saturated heterocycles. The second-order valence-corrected chi connectivity index (χ2v) is 4.68. The third-order valence-electron chi connectivity index (χ3n) is 2.34. The molecule has 1 heterocycles. The molecular formula is C12H11IN2O2. The van der Waals surface area contributed by atoms with E-state index >= 15 is 0 Å². The van der Waals surface area contributed by atoms with Gasteiger partial charge in [0.05, 0.1) is 13.4 Å². The number of rotatable bonds is 3. The van der Waals surface area contributed by atoms with Gasteiger partial charge in [0, 0.05) is 16.3 Å². The summed E-state index contributed by atoms with van der Waals surface area (Å²) in [5.41, 5.74) is 1.53. The number of halogens is 1. The van der Waals surface area contributed by atoms with Crippen LogP contribution >= 0.6 is 22.6 Å². The third-order valence-corrected chi connectivity index (χ3v) is 3.39. The minimum atomic E-state index is -0.411. The fourth-order valence-corrected chi connectivity index (χ4v) is 2.04. The lowest BCUT2D eigenvalue weighted by Crippen LogP contribution is -2.02. The molecule has 0 spiro atoms. The number of benzene rings is 1. The molecule has 2 rings (SSSR count). The lowest BCUT2D eigenvalue weighted by molar-refractivity contribution is 0.0594. The van der Waals surface area contributed by atoms with Crippen molar-refractivity contribution in [2.24, 2.45) is 0 Å². The van der Waals surface area contributed by atoms with Crippen molar-refractivity contribution in [1.29, 1.82) is 0 Å². The Kier molecular flexibility index (Phi) is 3.78. The van der Waals surface area contributed by atoms with Gasteiger partial charge in [0.15, 0.2) is 5.69 Å². The van der Waals surface area contributed by atoms with Crippen LogP contribution in [0.4, 0.5) is 0 Å². The summed E-state index contributed by atoms with van der Waals surface area (Å²) in [7, 11) is 1.35. The molecule has 0 N–H and O–H groups in total. The highest BCUT2D eigenvalue weighted by molar-refractivity contribution is 14.1. The maximum Gasteiger partial charge on any atom is 0.358 e. The number of hydrogen-bond acceptors (Lipinski definition) is 3. The van der Waals surface area contributed by atoms with Gasteiger partial charge in [0.25, 0.3) is 0 Å². The standard InChI is InChI=1S/C12H11IN2O2/c1-17-12(16)11-7-15(8-14-11)6-9-4-2-3-5-10(9)13/h2-5,7-8H,6H2,1H3. The Morgan fingerprint density at radius 1 is 1.47 bits per heavy atom. The highest BCUT2D eigenvalue weighted by atomic mass is 127. The largest absolute Gasteiger partial charge is 0.464 e. The number of carbonyl (C=O) groups is 1. The number of hydrogen-bond donors (Lipinski definition) is 0. The van der Waals surface area contributed by atoms with Gasteiger partial charge in [-0.3, -0.25) is 0 Å². The van der Waals surface area contributed by atoms with E-state index < -0.39 is 5.97 Å². The van der Waals surface area contributed by atoms with Gasteiger partial charge >= 0.3 is 5.97 Å². The molecule has 0 radical (unpaired) electrons. The van der Waals surface area contributed by atoms with Crippen molar-refractivity contribution in [2.45, 2.75) is 6.54 Å². The second-order valence-electron chi connectivity index (χ2n) is 3.51. The van der Waals surface area contributed by atoms with Crippen LogP contribution in [0.15, 0.2) is 36.8 Å². The summed E-state index contributed by atoms with van der Waals surface area (Å²) in [6.45, 7) is 0.698. The number of esters is 1. The van der Waals surface area contributed by atoms with Crippen LogP contribution in [0.5, 0.6) is 0 Å². The fraction of sp³-hybridized carbons (Fsp3) is 0.167. The Hall–Kier alpha value is -1.37. The van der Waals surface area contributed by atoms with Gasteiger partial charge in [-0.05, 0) is 34.2 Å². The number of ether oxygens (including phenoxy) is 1. The van der Waals surface area contributed by atoms with Crippen molar-refractivity contribution < 1.29 is 9.53 Å². The summed E-state index contributed by atoms with van der Waals surface area (Å²) in [5, 5.41) is 0. The molecule has 0 amide bonds. The average molecular weight is 342 g/mol. The molecule has 0 unspecified atom stereocenters. The van der Waals surface area contributed by atoms with E-state index in [1.165, 1.54) is 16.2 Å². The Labute approximate surface area is 113 Å². The summed E-state index contributed by atoms with van der Waals surface area (Å²) < 4.78 is 7.67. The zero-order valence-electron chi connectivity index (χ0n) is 9.26. The lowest BCUT2D eigenvalue weighted by Gasteiger charge is -2.04. The predicted octanol–water partition coefficient (Wildman–Crippen LogP) is 2.32. The summed E-state index contributed by atoms with van der Waals surface area (Å²) in [4.78, 5) is 15.2. The molecule has 0 aliphatic carbocycles. The quantitative estimate of drug-likeness (QED) is 0.635. The maximum atomic E-state index is 11.2. The van der Waals surface area contributed by atoms with Crippen molar-refractivity contribution in [3.63, 3.8) is 0 Å². The number of aromatic nitrogens is 2.